The fraction of sp³-hybridized carbons (Fsp3) is 0.303. The van der Waals surface area contributed by atoms with Crippen LogP contribution >= 0.6 is 0 Å². The van der Waals surface area contributed by atoms with E-state index in [0.717, 1.165) is 30.6 Å². The van der Waals surface area contributed by atoms with Crippen molar-refractivity contribution in [1.82, 2.24) is 14.9 Å². The van der Waals surface area contributed by atoms with Gasteiger partial charge in [0.05, 0.1) is 31.1 Å². The number of amides is 1. The van der Waals surface area contributed by atoms with Crippen LogP contribution in [0.25, 0.3) is 10.9 Å². The molecule has 1 aromatic heterocycles. The van der Waals surface area contributed by atoms with Gasteiger partial charge in [-0.05, 0) is 81.4 Å². The first kappa shape index (κ1) is 30.6. The number of carbonyl (C=O) groups excluding carboxylic acids is 1. The average Bonchev–Trinajstić information content (AvgIpc) is 3.42. The van der Waals surface area contributed by atoms with Gasteiger partial charge >= 0.3 is 0 Å². The zero-order valence-corrected chi connectivity index (χ0v) is 25.8. The van der Waals surface area contributed by atoms with E-state index in [4.69, 9.17) is 14.2 Å². The highest BCUT2D eigenvalue weighted by Crippen LogP contribution is 2.39. The molecule has 11 heteroatoms. The molecule has 4 aromatic rings. The van der Waals surface area contributed by atoms with Crippen LogP contribution in [0.3, 0.4) is 0 Å². The summed E-state index contributed by atoms with van der Waals surface area (Å²) in [4.78, 5) is 25.7. The summed E-state index contributed by atoms with van der Waals surface area (Å²) in [5.74, 6) is 0.994. The number of anilines is 4. The second kappa shape index (κ2) is 13.2. The van der Waals surface area contributed by atoms with Crippen molar-refractivity contribution in [1.29, 1.82) is 0 Å². The summed E-state index contributed by atoms with van der Waals surface area (Å²) in [6.45, 7) is 2.81. The van der Waals surface area contributed by atoms with Gasteiger partial charge in [-0.3, -0.25) is 9.69 Å². The van der Waals surface area contributed by atoms with Crippen molar-refractivity contribution in [2.24, 2.45) is 0 Å². The maximum Gasteiger partial charge on any atom is 0.284 e. The highest BCUT2D eigenvalue weighted by molar-refractivity contribution is 6.05. The molecule has 0 saturated carbocycles. The summed E-state index contributed by atoms with van der Waals surface area (Å²) in [5.41, 5.74) is 3.45. The number of ether oxygens (including phenoxy) is 3. The van der Waals surface area contributed by atoms with E-state index < -0.39 is 11.7 Å². The van der Waals surface area contributed by atoms with Crippen molar-refractivity contribution in [3.05, 3.63) is 72.3 Å². The molecular weight excluding hydrogens is 563 g/mol. The van der Waals surface area contributed by atoms with Crippen LogP contribution in [-0.4, -0.2) is 68.7 Å². The van der Waals surface area contributed by atoms with Crippen molar-refractivity contribution in [3.8, 4) is 23.0 Å². The Hall–Kier alpha value is -4.90. The first-order chi connectivity index (χ1) is 21.2. The third-order valence-electron chi connectivity index (χ3n) is 7.67. The van der Waals surface area contributed by atoms with Crippen molar-refractivity contribution >= 4 is 39.7 Å². The van der Waals surface area contributed by atoms with E-state index in [1.54, 1.807) is 19.2 Å². The predicted molar refractivity (Wildman–Crippen MR) is 171 cm³/mol. The number of carbonyl (C=O) groups is 1. The number of likely N-dealkylation sites (N-methyl/N-ethyl adjacent to an activating group) is 1. The maximum absolute atomic E-state index is 14.9. The quantitative estimate of drug-likeness (QED) is 0.199. The van der Waals surface area contributed by atoms with Gasteiger partial charge in [-0.25, -0.2) is 14.4 Å². The first-order valence-corrected chi connectivity index (χ1v) is 14.3. The molecule has 2 heterocycles. The SMILES string of the molecule is COc1cc2ncnc(Nc3cc(C)c(Oc4ccc(N(C)C)cc4)cc3OC)c2cc1NC(=O)C(F)=CC1CCCN1C. The Morgan fingerprint density at radius 3 is 2.41 bits per heavy atom. The van der Waals surface area contributed by atoms with Crippen LogP contribution in [0.4, 0.5) is 27.3 Å². The smallest absolute Gasteiger partial charge is 0.284 e. The Bertz CT molecular complexity index is 1690. The number of hydrogen-bond acceptors (Lipinski definition) is 9. The second-order valence-corrected chi connectivity index (χ2v) is 10.9. The van der Waals surface area contributed by atoms with E-state index in [2.05, 4.69) is 20.6 Å². The number of nitrogens with zero attached hydrogens (tertiary/aromatic N) is 4. The molecule has 1 aliphatic rings. The van der Waals surface area contributed by atoms with Crippen LogP contribution in [0, 0.1) is 6.92 Å². The molecule has 44 heavy (non-hydrogen) atoms. The summed E-state index contributed by atoms with van der Waals surface area (Å²) >= 11 is 0. The second-order valence-electron chi connectivity index (χ2n) is 10.9. The Labute approximate surface area is 256 Å². The van der Waals surface area contributed by atoms with Crippen LogP contribution in [-0.2, 0) is 4.79 Å². The molecule has 10 nitrogen and oxygen atoms in total. The van der Waals surface area contributed by atoms with E-state index in [-0.39, 0.29) is 6.04 Å². The summed E-state index contributed by atoms with van der Waals surface area (Å²) in [7, 11) is 8.94. The summed E-state index contributed by atoms with van der Waals surface area (Å²) in [6.07, 6.45) is 4.57. The fourth-order valence-corrected chi connectivity index (χ4v) is 5.14. The lowest BCUT2D eigenvalue weighted by molar-refractivity contribution is -0.114. The lowest BCUT2D eigenvalue weighted by atomic mass is 10.1. The third-order valence-corrected chi connectivity index (χ3v) is 7.67. The largest absolute Gasteiger partial charge is 0.494 e. The number of aryl methyl sites for hydroxylation is 1. The van der Waals surface area contributed by atoms with Crippen LogP contribution in [0.1, 0.15) is 18.4 Å². The van der Waals surface area contributed by atoms with Crippen LogP contribution < -0.4 is 29.7 Å². The Kier molecular flexibility index (Phi) is 9.15. The molecule has 2 N–H and O–H groups in total. The molecule has 230 valence electrons. The average molecular weight is 601 g/mol. The highest BCUT2D eigenvalue weighted by atomic mass is 19.1. The van der Waals surface area contributed by atoms with Gasteiger partial charge in [0.1, 0.15) is 35.1 Å². The van der Waals surface area contributed by atoms with Crippen LogP contribution in [0.5, 0.6) is 23.0 Å². The zero-order chi connectivity index (χ0) is 31.4. The number of aromatic nitrogens is 2. The number of methoxy groups -OCH3 is 2. The van der Waals surface area contributed by atoms with Crippen molar-refractivity contribution in [2.75, 3.05) is 57.4 Å². The molecule has 1 aliphatic heterocycles. The molecule has 0 aliphatic carbocycles. The number of hydrogen-bond donors (Lipinski definition) is 2. The number of likely N-dealkylation sites (tertiary alicyclic amines) is 1. The Morgan fingerprint density at radius 2 is 1.75 bits per heavy atom. The van der Waals surface area contributed by atoms with Crippen molar-refractivity contribution < 1.29 is 23.4 Å². The standard InChI is InChI=1S/C33H37FN6O4/c1-20-14-27(31(43-6)18-29(20)44-23-11-9-21(10-12-23)39(2)3)37-32-24-16-28(30(42-5)17-26(24)35-19-36-32)38-33(41)25(34)15-22-8-7-13-40(22)4/h9-12,14-19,22H,7-8,13H2,1-6H3,(H,38,41)(H,35,36,37). The van der Waals surface area contributed by atoms with Gasteiger partial charge in [-0.15, -0.1) is 0 Å². The normalized spacial score (nSPS) is 15.2. The molecule has 0 spiro atoms. The molecule has 1 amide bonds. The van der Waals surface area contributed by atoms with E-state index in [9.17, 15) is 9.18 Å². The third kappa shape index (κ3) is 6.68. The topological polar surface area (TPSA) is 101 Å². The van der Waals surface area contributed by atoms with Gasteiger partial charge in [0, 0.05) is 43.3 Å². The highest BCUT2D eigenvalue weighted by Gasteiger charge is 2.22. The van der Waals surface area contributed by atoms with Crippen LogP contribution in [0.2, 0.25) is 0 Å². The summed E-state index contributed by atoms with van der Waals surface area (Å²) in [5, 5.41) is 6.57. The zero-order valence-electron chi connectivity index (χ0n) is 25.8. The van der Waals surface area contributed by atoms with Gasteiger partial charge < -0.3 is 29.7 Å². The Morgan fingerprint density at radius 1 is 1.02 bits per heavy atom. The minimum absolute atomic E-state index is 0.109. The maximum atomic E-state index is 14.9. The van der Waals surface area contributed by atoms with Gasteiger partial charge in [0.15, 0.2) is 5.83 Å². The van der Waals surface area contributed by atoms with E-state index >= 15 is 0 Å². The van der Waals surface area contributed by atoms with Gasteiger partial charge in [-0.2, -0.15) is 0 Å². The molecule has 1 fully saturated rings. The van der Waals surface area contributed by atoms with Crippen molar-refractivity contribution in [2.45, 2.75) is 25.8 Å². The predicted octanol–water partition coefficient (Wildman–Crippen LogP) is 6.44. The molecule has 0 bridgehead atoms. The molecule has 0 radical (unpaired) electrons. The molecule has 5 rings (SSSR count). The molecule has 1 saturated heterocycles. The monoisotopic (exact) mass is 600 g/mol. The lowest BCUT2D eigenvalue weighted by Gasteiger charge is -2.18. The lowest BCUT2D eigenvalue weighted by Crippen LogP contribution is -2.24. The van der Waals surface area contributed by atoms with E-state index in [0.29, 0.717) is 51.1 Å². The van der Waals surface area contributed by atoms with E-state index in [1.807, 2.05) is 74.3 Å². The van der Waals surface area contributed by atoms with Crippen molar-refractivity contribution in [3.63, 3.8) is 0 Å². The number of halogens is 1. The number of nitrogens with one attached hydrogen (secondary N) is 2. The molecule has 3 aromatic carbocycles. The molecule has 1 unspecified atom stereocenters. The van der Waals surface area contributed by atoms with Crippen LogP contribution in [0.15, 0.2) is 66.8 Å². The van der Waals surface area contributed by atoms with E-state index in [1.165, 1.54) is 19.5 Å². The number of rotatable bonds is 10. The molecular formula is C33H37FN6O4. The van der Waals surface area contributed by atoms with Gasteiger partial charge in [0.2, 0.25) is 0 Å². The minimum Gasteiger partial charge on any atom is -0.494 e. The van der Waals surface area contributed by atoms with Gasteiger partial charge in [-0.1, -0.05) is 0 Å². The fourth-order valence-electron chi connectivity index (χ4n) is 5.14. The summed E-state index contributed by atoms with van der Waals surface area (Å²) < 4.78 is 32.2. The minimum atomic E-state index is -0.849. The number of fused-ring (bicyclic) bond motifs is 1. The number of benzene rings is 3. The molecule has 1 atom stereocenters. The Balaban J connectivity index is 1.42. The summed E-state index contributed by atoms with van der Waals surface area (Å²) in [6, 6.07) is 14.8. The first-order valence-electron chi connectivity index (χ1n) is 14.3. The van der Waals surface area contributed by atoms with Gasteiger partial charge in [0.25, 0.3) is 5.91 Å².